The van der Waals surface area contributed by atoms with E-state index >= 15 is 0 Å². The van der Waals surface area contributed by atoms with Gasteiger partial charge in [0.1, 0.15) is 11.9 Å². The molecule has 1 aromatic rings. The number of ether oxygens (including phenoxy) is 1. The minimum Gasteiger partial charge on any atom is -0.364 e. The number of likely N-dealkylation sites (tertiary alicyclic amines) is 1. The highest BCUT2D eigenvalue weighted by Crippen LogP contribution is 2.22. The third-order valence-electron chi connectivity index (χ3n) is 4.89. The van der Waals surface area contributed by atoms with Crippen molar-refractivity contribution in [3.63, 3.8) is 0 Å². The molecule has 2 saturated heterocycles. The Morgan fingerprint density at radius 3 is 2.44 bits per heavy atom. The van der Waals surface area contributed by atoms with Gasteiger partial charge in [-0.1, -0.05) is 0 Å². The SMILES string of the molecule is NC[C@H]1CC[C@@H](C(=O)N2CCC(NC(=O)c3ccc(F)cc3)CC2)O1. The molecule has 7 heteroatoms. The topological polar surface area (TPSA) is 84.7 Å². The van der Waals surface area contributed by atoms with E-state index in [-0.39, 0.29) is 35.9 Å². The van der Waals surface area contributed by atoms with E-state index in [1.807, 2.05) is 4.90 Å². The highest BCUT2D eigenvalue weighted by atomic mass is 19.1. The van der Waals surface area contributed by atoms with Crippen LogP contribution in [0.25, 0.3) is 0 Å². The van der Waals surface area contributed by atoms with E-state index in [1.54, 1.807) is 0 Å². The van der Waals surface area contributed by atoms with E-state index in [0.29, 0.717) is 38.0 Å². The number of amides is 2. The molecular weight excluding hydrogens is 325 g/mol. The van der Waals surface area contributed by atoms with Crippen molar-refractivity contribution >= 4 is 11.8 Å². The van der Waals surface area contributed by atoms with Crippen LogP contribution in [-0.4, -0.2) is 54.6 Å². The zero-order chi connectivity index (χ0) is 17.8. The van der Waals surface area contributed by atoms with Gasteiger partial charge in [0.25, 0.3) is 11.8 Å². The van der Waals surface area contributed by atoms with Crippen molar-refractivity contribution < 1.29 is 18.7 Å². The van der Waals surface area contributed by atoms with Gasteiger partial charge in [-0.2, -0.15) is 0 Å². The number of nitrogens with zero attached hydrogens (tertiary/aromatic N) is 1. The van der Waals surface area contributed by atoms with Crippen molar-refractivity contribution in [1.29, 1.82) is 0 Å². The fourth-order valence-corrected chi connectivity index (χ4v) is 3.38. The highest BCUT2D eigenvalue weighted by Gasteiger charge is 2.34. The molecule has 1 aromatic carbocycles. The number of hydrogen-bond donors (Lipinski definition) is 2. The van der Waals surface area contributed by atoms with Crippen LogP contribution in [0.3, 0.4) is 0 Å². The monoisotopic (exact) mass is 349 g/mol. The summed E-state index contributed by atoms with van der Waals surface area (Å²) < 4.78 is 18.6. The molecule has 0 unspecified atom stereocenters. The first kappa shape index (κ1) is 17.8. The summed E-state index contributed by atoms with van der Waals surface area (Å²) in [6.07, 6.45) is 2.57. The summed E-state index contributed by atoms with van der Waals surface area (Å²) in [5.74, 6) is -0.552. The molecule has 136 valence electrons. The second-order valence-electron chi connectivity index (χ2n) is 6.64. The van der Waals surface area contributed by atoms with Crippen LogP contribution >= 0.6 is 0 Å². The smallest absolute Gasteiger partial charge is 0.251 e. The number of benzene rings is 1. The van der Waals surface area contributed by atoms with Gasteiger partial charge in [0, 0.05) is 31.2 Å². The van der Waals surface area contributed by atoms with Crippen LogP contribution < -0.4 is 11.1 Å². The van der Waals surface area contributed by atoms with Crippen molar-refractivity contribution in [2.75, 3.05) is 19.6 Å². The second kappa shape index (κ2) is 7.93. The van der Waals surface area contributed by atoms with Gasteiger partial charge in [-0.25, -0.2) is 4.39 Å². The molecule has 0 bridgehead atoms. The first-order valence-corrected chi connectivity index (χ1v) is 8.77. The molecule has 2 amide bonds. The van der Waals surface area contributed by atoms with Crippen LogP contribution in [0.5, 0.6) is 0 Å². The minimum atomic E-state index is -0.376. The lowest BCUT2D eigenvalue weighted by atomic mass is 10.0. The van der Waals surface area contributed by atoms with E-state index in [1.165, 1.54) is 24.3 Å². The van der Waals surface area contributed by atoms with Crippen molar-refractivity contribution in [3.05, 3.63) is 35.6 Å². The van der Waals surface area contributed by atoms with Gasteiger partial charge >= 0.3 is 0 Å². The first-order valence-electron chi connectivity index (χ1n) is 8.77. The summed E-state index contributed by atoms with van der Waals surface area (Å²) >= 11 is 0. The van der Waals surface area contributed by atoms with Gasteiger partial charge in [-0.15, -0.1) is 0 Å². The first-order chi connectivity index (χ1) is 12.1. The lowest BCUT2D eigenvalue weighted by Gasteiger charge is -2.33. The summed E-state index contributed by atoms with van der Waals surface area (Å²) in [6, 6.07) is 5.49. The summed E-state index contributed by atoms with van der Waals surface area (Å²) in [6.45, 7) is 1.64. The maximum absolute atomic E-state index is 12.9. The summed E-state index contributed by atoms with van der Waals surface area (Å²) in [5.41, 5.74) is 6.02. The van der Waals surface area contributed by atoms with Crippen LogP contribution in [0, 0.1) is 5.82 Å². The maximum atomic E-state index is 12.9. The Labute approximate surface area is 146 Å². The van der Waals surface area contributed by atoms with E-state index in [9.17, 15) is 14.0 Å². The molecule has 2 heterocycles. The summed E-state index contributed by atoms with van der Waals surface area (Å²) in [5, 5.41) is 2.95. The Morgan fingerprint density at radius 1 is 1.16 bits per heavy atom. The summed E-state index contributed by atoms with van der Waals surface area (Å²) in [4.78, 5) is 26.5. The van der Waals surface area contributed by atoms with Crippen LogP contribution in [0.1, 0.15) is 36.0 Å². The number of nitrogens with one attached hydrogen (secondary N) is 1. The third-order valence-corrected chi connectivity index (χ3v) is 4.89. The van der Waals surface area contributed by atoms with E-state index in [0.717, 1.165) is 12.8 Å². The number of carbonyl (C=O) groups excluding carboxylic acids is 2. The Morgan fingerprint density at radius 2 is 1.84 bits per heavy atom. The molecule has 0 aliphatic carbocycles. The molecule has 0 aromatic heterocycles. The van der Waals surface area contributed by atoms with Crippen LogP contribution in [0.4, 0.5) is 4.39 Å². The minimum absolute atomic E-state index is 0.0125. The summed E-state index contributed by atoms with van der Waals surface area (Å²) in [7, 11) is 0. The predicted molar refractivity (Wildman–Crippen MR) is 90.4 cm³/mol. The molecule has 3 N–H and O–H groups in total. The molecule has 0 saturated carbocycles. The van der Waals surface area contributed by atoms with Gasteiger partial charge in [0.2, 0.25) is 0 Å². The molecule has 6 nitrogen and oxygen atoms in total. The zero-order valence-electron chi connectivity index (χ0n) is 14.1. The number of piperidine rings is 1. The number of halogens is 1. The molecular formula is C18H24FN3O3. The number of rotatable bonds is 4. The quantitative estimate of drug-likeness (QED) is 0.851. The maximum Gasteiger partial charge on any atom is 0.251 e. The van der Waals surface area contributed by atoms with Crippen LogP contribution in [0.2, 0.25) is 0 Å². The van der Waals surface area contributed by atoms with Gasteiger partial charge in [-0.3, -0.25) is 9.59 Å². The Hall–Kier alpha value is -1.99. The van der Waals surface area contributed by atoms with Crippen molar-refractivity contribution in [2.45, 2.75) is 43.9 Å². The standard InChI is InChI=1S/C18H24FN3O3/c19-13-3-1-12(2-4-13)17(23)21-14-7-9-22(10-8-14)18(24)16-6-5-15(11-20)25-16/h1-4,14-16H,5-11,20H2,(H,21,23)/t15-,16+/m1/s1. The Bertz CT molecular complexity index is 614. The van der Waals surface area contributed by atoms with Crippen molar-refractivity contribution in [2.24, 2.45) is 5.73 Å². The van der Waals surface area contributed by atoms with E-state index in [2.05, 4.69) is 5.32 Å². The van der Waals surface area contributed by atoms with Gasteiger partial charge < -0.3 is 20.7 Å². The lowest BCUT2D eigenvalue weighted by molar-refractivity contribution is -0.143. The van der Waals surface area contributed by atoms with Gasteiger partial charge in [-0.05, 0) is 49.9 Å². The number of hydrogen-bond acceptors (Lipinski definition) is 4. The third kappa shape index (κ3) is 4.35. The van der Waals surface area contributed by atoms with Gasteiger partial charge in [0.15, 0.2) is 0 Å². The fraction of sp³-hybridized carbons (Fsp3) is 0.556. The lowest BCUT2D eigenvalue weighted by Crippen LogP contribution is -2.49. The molecule has 2 aliphatic heterocycles. The molecule has 0 spiro atoms. The number of carbonyl (C=O) groups is 2. The second-order valence-corrected chi connectivity index (χ2v) is 6.64. The fourth-order valence-electron chi connectivity index (χ4n) is 3.38. The van der Waals surface area contributed by atoms with E-state index in [4.69, 9.17) is 10.5 Å². The molecule has 25 heavy (non-hydrogen) atoms. The molecule has 3 rings (SSSR count). The van der Waals surface area contributed by atoms with E-state index < -0.39 is 0 Å². The Balaban J connectivity index is 1.46. The average Bonchev–Trinajstić information content (AvgIpc) is 3.11. The predicted octanol–water partition coefficient (Wildman–Crippen LogP) is 1.05. The normalized spacial score (nSPS) is 24.3. The molecule has 2 aliphatic rings. The highest BCUT2D eigenvalue weighted by molar-refractivity contribution is 5.94. The Kier molecular flexibility index (Phi) is 5.65. The molecule has 0 radical (unpaired) electrons. The van der Waals surface area contributed by atoms with Gasteiger partial charge in [0.05, 0.1) is 6.10 Å². The zero-order valence-corrected chi connectivity index (χ0v) is 14.1. The van der Waals surface area contributed by atoms with Crippen LogP contribution in [-0.2, 0) is 9.53 Å². The van der Waals surface area contributed by atoms with Crippen molar-refractivity contribution in [1.82, 2.24) is 10.2 Å². The molecule has 2 fully saturated rings. The van der Waals surface area contributed by atoms with Crippen LogP contribution in [0.15, 0.2) is 24.3 Å². The van der Waals surface area contributed by atoms with Crippen molar-refractivity contribution in [3.8, 4) is 0 Å². The molecule has 2 atom stereocenters. The number of nitrogens with two attached hydrogens (primary N) is 1. The largest absolute Gasteiger partial charge is 0.364 e. The average molecular weight is 349 g/mol.